The van der Waals surface area contributed by atoms with Crippen LogP contribution in [0.1, 0.15) is 12.5 Å². The van der Waals surface area contributed by atoms with Crippen LogP contribution in [0.2, 0.25) is 0 Å². The molecule has 24 heteroatoms. The summed E-state index contributed by atoms with van der Waals surface area (Å²) >= 11 is 0. The Morgan fingerprint density at radius 3 is 1.57 bits per heavy atom. The van der Waals surface area contributed by atoms with E-state index in [2.05, 4.69) is 29.9 Å². The molecule has 0 aromatic carbocycles. The fraction of sp³-hybridized carbons (Fsp3) is 0.500. The highest BCUT2D eigenvalue weighted by atomic mass is 31.2. The first-order valence-corrected chi connectivity index (χ1v) is 15.6. The van der Waals surface area contributed by atoms with Crippen molar-refractivity contribution < 1.29 is 55.3 Å². The Kier molecular flexibility index (Phi) is 7.12. The molecule has 7 heterocycles. The molecule has 3 aliphatic rings. The summed E-state index contributed by atoms with van der Waals surface area (Å²) in [5.74, 6) is 0. The fourth-order valence-corrected chi connectivity index (χ4v) is 7.07. The van der Waals surface area contributed by atoms with Crippen LogP contribution < -0.4 is 11.1 Å². The molecule has 0 spiro atoms. The second-order valence-electron chi connectivity index (χ2n) is 9.80. The molecular formula is C20H20F2N8O12P2. The van der Waals surface area contributed by atoms with Crippen LogP contribution in [0.25, 0.3) is 22.3 Å². The van der Waals surface area contributed by atoms with Crippen LogP contribution in [0.5, 0.6) is 0 Å². The minimum Gasteiger partial charge on any atom is -0.346 e. The lowest BCUT2D eigenvalue weighted by Crippen LogP contribution is -2.37. The van der Waals surface area contributed by atoms with Crippen LogP contribution in [0.15, 0.2) is 34.9 Å². The highest BCUT2D eigenvalue weighted by Crippen LogP contribution is 2.54. The number of hydrogen-bond acceptors (Lipinski definition) is 14. The van der Waals surface area contributed by atoms with Gasteiger partial charge in [0.05, 0.1) is 38.5 Å². The van der Waals surface area contributed by atoms with E-state index in [4.69, 9.17) is 27.6 Å². The zero-order valence-corrected chi connectivity index (χ0v) is 23.4. The summed E-state index contributed by atoms with van der Waals surface area (Å²) in [6.07, 6.45) is -10.8. The summed E-state index contributed by atoms with van der Waals surface area (Å²) < 4.78 is 90.9. The molecule has 4 aromatic heterocycles. The van der Waals surface area contributed by atoms with Gasteiger partial charge in [-0.25, -0.2) is 37.8 Å². The van der Waals surface area contributed by atoms with Crippen LogP contribution in [-0.4, -0.2) is 98.8 Å². The Morgan fingerprint density at radius 1 is 0.750 bits per heavy atom. The van der Waals surface area contributed by atoms with Crippen LogP contribution in [0.3, 0.4) is 0 Å². The number of aromatic amines is 2. The Labute approximate surface area is 241 Å². The van der Waals surface area contributed by atoms with Gasteiger partial charge >= 0.3 is 15.6 Å². The highest BCUT2D eigenvalue weighted by Gasteiger charge is 2.55. The molecule has 5 unspecified atom stereocenters. The maximum atomic E-state index is 15.8. The van der Waals surface area contributed by atoms with Crippen molar-refractivity contribution >= 4 is 38.0 Å². The van der Waals surface area contributed by atoms with Gasteiger partial charge < -0.3 is 29.2 Å². The quantitative estimate of drug-likeness (QED) is 0.201. The SMILES string of the molecule is O=c1[nH]cnc2c1ncn2C1OC2COP(=O)(O)O[C@@H]3C(COP(=O)(O)O[C@H]2[C@H]1F)O[C@H](n1cnc2c(=O)[nH]cnc21)[C@@H]3F. The summed E-state index contributed by atoms with van der Waals surface area (Å²) in [4.78, 5) is 65.2. The van der Waals surface area contributed by atoms with Crippen molar-refractivity contribution in [3.63, 3.8) is 0 Å². The van der Waals surface area contributed by atoms with Gasteiger partial charge in [0.15, 0.2) is 47.1 Å². The van der Waals surface area contributed by atoms with Gasteiger partial charge in [0.2, 0.25) is 0 Å². The molecule has 0 radical (unpaired) electrons. The predicted molar refractivity (Wildman–Crippen MR) is 135 cm³/mol. The third-order valence-corrected chi connectivity index (χ3v) is 9.10. The topological polar surface area (TPSA) is 257 Å². The highest BCUT2D eigenvalue weighted by molar-refractivity contribution is 7.47. The predicted octanol–water partition coefficient (Wildman–Crippen LogP) is -0.258. The summed E-state index contributed by atoms with van der Waals surface area (Å²) in [5, 5.41) is 0. The van der Waals surface area contributed by atoms with E-state index < -0.39 is 89.2 Å². The third kappa shape index (κ3) is 5.02. The molecule has 0 saturated carbocycles. The average molecular weight is 664 g/mol. The Morgan fingerprint density at radius 2 is 1.16 bits per heavy atom. The molecule has 3 saturated heterocycles. The molecule has 3 fully saturated rings. The van der Waals surface area contributed by atoms with Crippen molar-refractivity contribution in [1.29, 1.82) is 0 Å². The number of phosphoric ester groups is 2. The standard InChI is InChI=1S/C20H20F2N8O12P2/c21-9-13-7(39-19(9)29-5-27-11-15(29)23-3-25-17(11)31)1-37-43(33,34)42-14-8(2-38-44(35,36)41-13)40-20(10(14)22)30-6-28-12-16(30)24-4-26-18(12)32/h3-10,13-14,19-20H,1-2H2,(H,33,34)(H,35,36)(H,23,25,31)(H,24,26,32)/t7?,8?,9-,10-,13-,14-,19+,20?/m1/s1. The van der Waals surface area contributed by atoms with Crippen LogP contribution in [0, 0.1) is 0 Å². The molecule has 0 amide bonds. The Bertz CT molecular complexity index is 1810. The lowest BCUT2D eigenvalue weighted by molar-refractivity contribution is -0.0662. The van der Waals surface area contributed by atoms with Crippen molar-refractivity contribution in [1.82, 2.24) is 39.0 Å². The lowest BCUT2D eigenvalue weighted by atomic mass is 10.1. The van der Waals surface area contributed by atoms with E-state index >= 15 is 8.78 Å². The number of halogens is 2. The number of aromatic nitrogens is 8. The first-order chi connectivity index (χ1) is 20.9. The van der Waals surface area contributed by atoms with Gasteiger partial charge in [-0.05, 0) is 0 Å². The molecule has 0 bridgehead atoms. The number of alkyl halides is 2. The Hall–Kier alpha value is -3.30. The van der Waals surface area contributed by atoms with Gasteiger partial charge in [0.1, 0.15) is 24.4 Å². The largest absolute Gasteiger partial charge is 0.472 e. The first kappa shape index (κ1) is 29.4. The molecule has 10 atom stereocenters. The monoisotopic (exact) mass is 664 g/mol. The normalized spacial score (nSPS) is 38.3. The van der Waals surface area contributed by atoms with E-state index in [-0.39, 0.29) is 22.3 Å². The minimum absolute atomic E-state index is 0.0989. The van der Waals surface area contributed by atoms with Crippen LogP contribution >= 0.6 is 15.6 Å². The number of nitrogens with one attached hydrogen (secondary N) is 2. The molecular weight excluding hydrogens is 644 g/mol. The summed E-state index contributed by atoms with van der Waals surface area (Å²) in [7, 11) is -10.3. The molecule has 4 aromatic rings. The zero-order chi connectivity index (χ0) is 31.0. The molecule has 236 valence electrons. The number of fused-ring (bicyclic) bond motifs is 4. The number of rotatable bonds is 2. The van der Waals surface area contributed by atoms with E-state index in [0.717, 1.165) is 34.4 Å². The summed E-state index contributed by atoms with van der Waals surface area (Å²) in [5.41, 5.74) is -1.78. The summed E-state index contributed by atoms with van der Waals surface area (Å²) in [6, 6.07) is 0. The second-order valence-corrected chi connectivity index (χ2v) is 12.6. The van der Waals surface area contributed by atoms with Gasteiger partial charge in [-0.2, -0.15) is 0 Å². The minimum atomic E-state index is -5.17. The summed E-state index contributed by atoms with van der Waals surface area (Å²) in [6.45, 7) is -1.90. The number of ether oxygens (including phenoxy) is 2. The smallest absolute Gasteiger partial charge is 0.346 e. The molecule has 44 heavy (non-hydrogen) atoms. The van der Waals surface area contributed by atoms with Crippen molar-refractivity contribution in [3.8, 4) is 0 Å². The number of H-pyrrole nitrogens is 2. The van der Waals surface area contributed by atoms with Crippen molar-refractivity contribution in [2.24, 2.45) is 0 Å². The van der Waals surface area contributed by atoms with E-state index in [0.29, 0.717) is 0 Å². The fourth-order valence-electron chi connectivity index (χ4n) is 5.16. The number of imidazole rings is 2. The number of phosphoric acid groups is 2. The van der Waals surface area contributed by atoms with Crippen LogP contribution in [0.4, 0.5) is 8.78 Å². The molecule has 3 aliphatic heterocycles. The number of nitrogens with zero attached hydrogens (tertiary/aromatic N) is 6. The number of hydrogen-bond donors (Lipinski definition) is 4. The van der Waals surface area contributed by atoms with Crippen LogP contribution in [-0.2, 0) is 36.7 Å². The van der Waals surface area contributed by atoms with Gasteiger partial charge in [0, 0.05) is 0 Å². The molecule has 4 N–H and O–H groups in total. The van der Waals surface area contributed by atoms with E-state index in [9.17, 15) is 28.5 Å². The molecule has 0 aliphatic carbocycles. The maximum absolute atomic E-state index is 15.8. The van der Waals surface area contributed by atoms with E-state index in [1.54, 1.807) is 0 Å². The Balaban J connectivity index is 1.17. The second kappa shape index (κ2) is 10.7. The zero-order valence-electron chi connectivity index (χ0n) is 21.7. The third-order valence-electron chi connectivity index (χ3n) is 7.13. The van der Waals surface area contributed by atoms with Crippen molar-refractivity contribution in [2.75, 3.05) is 13.2 Å². The lowest BCUT2D eigenvalue weighted by Gasteiger charge is -2.27. The molecule has 7 rings (SSSR count). The van der Waals surface area contributed by atoms with Crippen molar-refractivity contribution in [2.45, 2.75) is 49.2 Å². The van der Waals surface area contributed by atoms with Gasteiger partial charge in [-0.1, -0.05) is 0 Å². The van der Waals surface area contributed by atoms with E-state index in [1.165, 1.54) is 0 Å². The maximum Gasteiger partial charge on any atom is 0.472 e. The van der Waals surface area contributed by atoms with Gasteiger partial charge in [-0.3, -0.25) is 36.8 Å². The average Bonchev–Trinajstić information content (AvgIpc) is 3.73. The first-order valence-electron chi connectivity index (χ1n) is 12.6. The van der Waals surface area contributed by atoms with Gasteiger partial charge in [0.25, 0.3) is 11.1 Å². The van der Waals surface area contributed by atoms with Crippen molar-refractivity contribution in [3.05, 3.63) is 46.0 Å². The van der Waals surface area contributed by atoms with E-state index in [1.807, 2.05) is 0 Å². The van der Waals surface area contributed by atoms with Gasteiger partial charge in [-0.15, -0.1) is 0 Å². The molecule has 20 nitrogen and oxygen atoms in total.